The Morgan fingerprint density at radius 1 is 1.58 bits per heavy atom. The van der Waals surface area contributed by atoms with Gasteiger partial charge in [-0.25, -0.2) is 0 Å². The molecule has 0 aliphatic rings. The second kappa shape index (κ2) is 3.78. The van der Waals surface area contributed by atoms with Gasteiger partial charge in [0.2, 0.25) is 0 Å². The van der Waals surface area contributed by atoms with E-state index in [-0.39, 0.29) is 0 Å². The summed E-state index contributed by atoms with van der Waals surface area (Å²) < 4.78 is 0. The molecule has 0 rings (SSSR count). The summed E-state index contributed by atoms with van der Waals surface area (Å²) >= 11 is 0. The van der Waals surface area contributed by atoms with Gasteiger partial charge in [-0.15, -0.1) is 13.0 Å². The van der Waals surface area contributed by atoms with E-state index in [1.54, 1.807) is 6.08 Å². The lowest BCUT2D eigenvalue weighted by molar-refractivity contribution is 0.00467. The zero-order valence-corrected chi connectivity index (χ0v) is 8.22. The summed E-state index contributed by atoms with van der Waals surface area (Å²) in [5.74, 6) is 2.45. The number of rotatable bonds is 4. The summed E-state index contributed by atoms with van der Waals surface area (Å²) in [5.41, 5.74) is -1.47. The van der Waals surface area contributed by atoms with E-state index in [9.17, 15) is 5.11 Å². The van der Waals surface area contributed by atoms with Crippen molar-refractivity contribution < 1.29 is 5.11 Å². The Hall–Kier alpha value is -0.740. The van der Waals surface area contributed by atoms with Gasteiger partial charge in [0.05, 0.1) is 0 Å². The molecule has 0 fully saturated rings. The van der Waals surface area contributed by atoms with Crippen LogP contribution in [0.5, 0.6) is 0 Å². The highest BCUT2D eigenvalue weighted by atomic mass is 16.3. The molecule has 0 aliphatic heterocycles. The van der Waals surface area contributed by atoms with Gasteiger partial charge in [0.25, 0.3) is 0 Å². The Balaban J connectivity index is 4.76. The van der Waals surface area contributed by atoms with Crippen molar-refractivity contribution in [2.75, 3.05) is 0 Å². The summed E-state index contributed by atoms with van der Waals surface area (Å²) in [7, 11) is 0. The molecule has 1 heteroatoms. The van der Waals surface area contributed by atoms with E-state index < -0.39 is 11.0 Å². The Morgan fingerprint density at radius 2 is 2.08 bits per heavy atom. The Kier molecular flexibility index (Phi) is 3.55. The van der Waals surface area contributed by atoms with Crippen molar-refractivity contribution >= 4 is 0 Å². The largest absolute Gasteiger partial charge is 0.377 e. The van der Waals surface area contributed by atoms with Gasteiger partial charge in [-0.1, -0.05) is 39.2 Å². The minimum absolute atomic E-state index is 0.419. The van der Waals surface area contributed by atoms with Gasteiger partial charge in [0.1, 0.15) is 5.60 Å². The normalized spacial score (nSPS) is 16.2. The second-order valence-corrected chi connectivity index (χ2v) is 3.68. The average molecular weight is 166 g/mol. The third-order valence-electron chi connectivity index (χ3n) is 2.43. The first kappa shape index (κ1) is 11.3. The van der Waals surface area contributed by atoms with Crippen LogP contribution in [0.4, 0.5) is 0 Å². The van der Waals surface area contributed by atoms with Crippen molar-refractivity contribution in [3.63, 3.8) is 0 Å². The van der Waals surface area contributed by atoms with E-state index in [4.69, 9.17) is 6.42 Å². The summed E-state index contributed by atoms with van der Waals surface area (Å²) in [6.45, 7) is 9.47. The lowest BCUT2D eigenvalue weighted by Crippen LogP contribution is -2.41. The fourth-order valence-corrected chi connectivity index (χ4v) is 1.11. The van der Waals surface area contributed by atoms with Gasteiger partial charge in [0.15, 0.2) is 0 Å². The van der Waals surface area contributed by atoms with Crippen molar-refractivity contribution in [3.8, 4) is 12.3 Å². The maximum absolute atomic E-state index is 10.0. The predicted octanol–water partition coefficient (Wildman–Crippen LogP) is 2.36. The van der Waals surface area contributed by atoms with E-state index in [1.807, 2.05) is 20.8 Å². The number of hydrogen-bond acceptors (Lipinski definition) is 1. The third kappa shape index (κ3) is 1.89. The lowest BCUT2D eigenvalue weighted by atomic mass is 9.73. The van der Waals surface area contributed by atoms with E-state index in [1.165, 1.54) is 0 Å². The first-order valence-corrected chi connectivity index (χ1v) is 4.27. The molecule has 0 amide bonds. The average Bonchev–Trinajstić information content (AvgIpc) is 2.04. The molecule has 1 atom stereocenters. The van der Waals surface area contributed by atoms with Crippen LogP contribution in [0.15, 0.2) is 12.7 Å². The lowest BCUT2D eigenvalue weighted by Gasteiger charge is -2.36. The minimum Gasteiger partial charge on any atom is -0.377 e. The SMILES string of the molecule is C#CC(O)(CCC)C(C)(C)C=C. The third-order valence-corrected chi connectivity index (χ3v) is 2.43. The van der Waals surface area contributed by atoms with Crippen LogP contribution in [0.2, 0.25) is 0 Å². The Morgan fingerprint density at radius 3 is 2.33 bits per heavy atom. The topological polar surface area (TPSA) is 20.2 Å². The highest BCUT2D eigenvalue weighted by Crippen LogP contribution is 2.34. The summed E-state index contributed by atoms with van der Waals surface area (Å²) in [6, 6.07) is 0. The summed E-state index contributed by atoms with van der Waals surface area (Å²) in [4.78, 5) is 0. The molecule has 1 N–H and O–H groups in total. The van der Waals surface area contributed by atoms with Crippen LogP contribution in [-0.4, -0.2) is 10.7 Å². The van der Waals surface area contributed by atoms with Crippen LogP contribution in [-0.2, 0) is 0 Å². The van der Waals surface area contributed by atoms with Gasteiger partial charge in [-0.3, -0.25) is 0 Å². The highest BCUT2D eigenvalue weighted by Gasteiger charge is 2.38. The van der Waals surface area contributed by atoms with Gasteiger partial charge >= 0.3 is 0 Å². The molecule has 0 bridgehead atoms. The summed E-state index contributed by atoms with van der Waals surface area (Å²) in [5, 5.41) is 10.0. The first-order valence-electron chi connectivity index (χ1n) is 4.27. The van der Waals surface area contributed by atoms with E-state index >= 15 is 0 Å². The van der Waals surface area contributed by atoms with Gasteiger partial charge in [-0.2, -0.15) is 0 Å². The number of aliphatic hydroxyl groups is 1. The van der Waals surface area contributed by atoms with Gasteiger partial charge in [-0.05, 0) is 6.42 Å². The maximum atomic E-state index is 10.0. The Bertz CT molecular complexity index is 198. The maximum Gasteiger partial charge on any atom is 0.133 e. The zero-order valence-electron chi connectivity index (χ0n) is 8.22. The van der Waals surface area contributed by atoms with Crippen LogP contribution >= 0.6 is 0 Å². The molecule has 0 radical (unpaired) electrons. The standard InChI is InChI=1S/C11H18O/c1-6-9-11(12,8-3)10(4,5)7-2/h3,7,12H,2,6,9H2,1,4-5H3. The molecular formula is C11H18O. The molecule has 0 saturated heterocycles. The molecular weight excluding hydrogens is 148 g/mol. The monoisotopic (exact) mass is 166 g/mol. The van der Waals surface area contributed by atoms with Crippen LogP contribution < -0.4 is 0 Å². The van der Waals surface area contributed by atoms with Crippen molar-refractivity contribution in [2.45, 2.75) is 39.2 Å². The van der Waals surface area contributed by atoms with Crippen LogP contribution in [0.25, 0.3) is 0 Å². The van der Waals surface area contributed by atoms with Crippen molar-refractivity contribution in [3.05, 3.63) is 12.7 Å². The highest BCUT2D eigenvalue weighted by molar-refractivity contribution is 5.18. The second-order valence-electron chi connectivity index (χ2n) is 3.68. The van der Waals surface area contributed by atoms with Gasteiger partial charge < -0.3 is 5.11 Å². The molecule has 1 unspecified atom stereocenters. The van der Waals surface area contributed by atoms with Crippen molar-refractivity contribution in [1.29, 1.82) is 0 Å². The smallest absolute Gasteiger partial charge is 0.133 e. The Labute approximate surface area is 75.5 Å². The molecule has 0 saturated carbocycles. The minimum atomic E-state index is -1.05. The first-order chi connectivity index (χ1) is 5.43. The van der Waals surface area contributed by atoms with Crippen molar-refractivity contribution in [2.24, 2.45) is 5.41 Å². The number of terminal acetylenes is 1. The molecule has 0 heterocycles. The molecule has 0 aromatic heterocycles. The van der Waals surface area contributed by atoms with E-state index in [0.29, 0.717) is 6.42 Å². The number of hydrogen-bond donors (Lipinski definition) is 1. The van der Waals surface area contributed by atoms with Crippen LogP contribution in [0, 0.1) is 17.8 Å². The molecule has 0 aromatic carbocycles. The zero-order chi connectivity index (χ0) is 9.83. The predicted molar refractivity (Wildman–Crippen MR) is 52.7 cm³/mol. The molecule has 0 aromatic rings. The van der Waals surface area contributed by atoms with E-state index in [0.717, 1.165) is 6.42 Å². The fraction of sp³-hybridized carbons (Fsp3) is 0.636. The van der Waals surface area contributed by atoms with Crippen LogP contribution in [0.1, 0.15) is 33.6 Å². The van der Waals surface area contributed by atoms with Crippen molar-refractivity contribution in [1.82, 2.24) is 0 Å². The molecule has 68 valence electrons. The molecule has 1 nitrogen and oxygen atoms in total. The fourth-order valence-electron chi connectivity index (χ4n) is 1.11. The molecule has 12 heavy (non-hydrogen) atoms. The molecule has 0 aliphatic carbocycles. The quantitative estimate of drug-likeness (QED) is 0.502. The van der Waals surface area contributed by atoms with Crippen LogP contribution in [0.3, 0.4) is 0 Å². The summed E-state index contributed by atoms with van der Waals surface area (Å²) in [6.07, 6.45) is 8.50. The van der Waals surface area contributed by atoms with E-state index in [2.05, 4.69) is 12.5 Å². The molecule has 0 spiro atoms. The van der Waals surface area contributed by atoms with Gasteiger partial charge in [0, 0.05) is 5.41 Å².